The average molecular weight is 747 g/mol. The maximum atomic E-state index is 14.5. The number of piperidine rings is 1. The number of hydrogen-bond acceptors (Lipinski definition) is 4. The molecule has 2 heterocycles. The number of nitrogens with one attached hydrogen (secondary N) is 1. The van der Waals surface area contributed by atoms with E-state index in [4.69, 9.17) is 0 Å². The van der Waals surface area contributed by atoms with Crippen LogP contribution in [0.4, 0.5) is 49.6 Å². The van der Waals surface area contributed by atoms with Gasteiger partial charge in [-0.2, -0.15) is 39.5 Å². The molecule has 0 saturated carbocycles. The summed E-state index contributed by atoms with van der Waals surface area (Å²) >= 11 is 0. The predicted octanol–water partition coefficient (Wildman–Crippen LogP) is 7.65. The standard InChI is InChI=1S/C36H36F10N4O2/c1-21-4-3-5-22(2)32(21)50(31(51)20-48-10-7-47-8-11-48)29-6-9-49(30(19-29)14-23-12-25(34(38,39)40)18-28(37)13-23)33(52)24-15-26(35(41,42)43)17-27(16-24)36(44,45)46/h3-5,12-13,15-18,29-30,47H,6-11,14,19-20H2,1-2H3. The van der Waals surface area contributed by atoms with E-state index in [0.29, 0.717) is 50.1 Å². The van der Waals surface area contributed by atoms with Crippen molar-refractivity contribution in [2.24, 2.45) is 0 Å². The molecule has 0 bridgehead atoms. The first-order valence-electron chi connectivity index (χ1n) is 16.5. The fourth-order valence-corrected chi connectivity index (χ4v) is 7.01. The zero-order valence-corrected chi connectivity index (χ0v) is 28.2. The minimum absolute atomic E-state index is 0.0164. The maximum absolute atomic E-state index is 14.5. The Morgan fingerprint density at radius 2 is 1.35 bits per heavy atom. The zero-order valence-electron chi connectivity index (χ0n) is 28.2. The number of halogens is 10. The lowest BCUT2D eigenvalue weighted by atomic mass is 9.89. The normalized spacial score (nSPS) is 19.1. The van der Waals surface area contributed by atoms with Crippen LogP contribution < -0.4 is 10.2 Å². The summed E-state index contributed by atoms with van der Waals surface area (Å²) in [4.78, 5) is 32.7. The Kier molecular flexibility index (Phi) is 11.3. The first-order valence-corrected chi connectivity index (χ1v) is 16.5. The van der Waals surface area contributed by atoms with Crippen LogP contribution in [-0.4, -0.2) is 73.0 Å². The molecule has 2 unspecified atom stereocenters. The number of piperazine rings is 1. The van der Waals surface area contributed by atoms with Crippen LogP contribution in [-0.2, 0) is 29.7 Å². The molecule has 0 aromatic heterocycles. The van der Waals surface area contributed by atoms with Gasteiger partial charge < -0.3 is 15.1 Å². The number of para-hydroxylation sites is 1. The second-order valence-electron chi connectivity index (χ2n) is 13.2. The summed E-state index contributed by atoms with van der Waals surface area (Å²) in [5.74, 6) is -2.76. The number of likely N-dealkylation sites (tertiary alicyclic amines) is 1. The number of carbonyl (C=O) groups excluding carboxylic acids is 2. The molecule has 52 heavy (non-hydrogen) atoms. The molecule has 0 radical (unpaired) electrons. The molecule has 2 aliphatic heterocycles. The van der Waals surface area contributed by atoms with Crippen LogP contribution in [0.1, 0.15) is 56.6 Å². The third-order valence-corrected chi connectivity index (χ3v) is 9.42. The van der Waals surface area contributed by atoms with Gasteiger partial charge in [0.05, 0.1) is 23.2 Å². The lowest BCUT2D eigenvalue weighted by Gasteiger charge is -2.45. The molecule has 3 aromatic rings. The molecule has 2 amide bonds. The van der Waals surface area contributed by atoms with E-state index in [-0.39, 0.29) is 49.5 Å². The molecule has 2 atom stereocenters. The third-order valence-electron chi connectivity index (χ3n) is 9.42. The van der Waals surface area contributed by atoms with Gasteiger partial charge >= 0.3 is 18.5 Å². The van der Waals surface area contributed by atoms with Crippen LogP contribution in [0.15, 0.2) is 54.6 Å². The predicted molar refractivity (Wildman–Crippen MR) is 172 cm³/mol. The molecular formula is C36H36F10N4O2. The number of alkyl halides is 9. The van der Waals surface area contributed by atoms with Crippen LogP contribution >= 0.6 is 0 Å². The molecular weight excluding hydrogens is 710 g/mol. The van der Waals surface area contributed by atoms with Gasteiger partial charge in [0.2, 0.25) is 5.91 Å². The Morgan fingerprint density at radius 1 is 0.788 bits per heavy atom. The highest BCUT2D eigenvalue weighted by Crippen LogP contribution is 2.39. The van der Waals surface area contributed by atoms with Crippen LogP contribution in [0.2, 0.25) is 0 Å². The summed E-state index contributed by atoms with van der Waals surface area (Å²) in [6.07, 6.45) is -16.0. The van der Waals surface area contributed by atoms with E-state index < -0.39 is 71.0 Å². The van der Waals surface area contributed by atoms with Gasteiger partial charge in [0.15, 0.2) is 0 Å². The molecule has 0 spiro atoms. The number of carbonyl (C=O) groups is 2. The monoisotopic (exact) mass is 746 g/mol. The van der Waals surface area contributed by atoms with Crippen molar-refractivity contribution in [1.29, 1.82) is 0 Å². The fourth-order valence-electron chi connectivity index (χ4n) is 7.01. The quantitative estimate of drug-likeness (QED) is 0.253. The highest BCUT2D eigenvalue weighted by atomic mass is 19.4. The molecule has 282 valence electrons. The van der Waals surface area contributed by atoms with Crippen LogP contribution in [0, 0.1) is 19.7 Å². The fraction of sp³-hybridized carbons (Fsp3) is 0.444. The number of amides is 2. The number of nitrogens with zero attached hydrogens (tertiary/aromatic N) is 3. The van der Waals surface area contributed by atoms with Crippen molar-refractivity contribution in [1.82, 2.24) is 15.1 Å². The Balaban J connectivity index is 1.58. The van der Waals surface area contributed by atoms with E-state index in [1.54, 1.807) is 36.9 Å². The first kappa shape index (κ1) is 39.0. The minimum Gasteiger partial charge on any atom is -0.335 e. The van der Waals surface area contributed by atoms with E-state index in [1.807, 2.05) is 4.90 Å². The SMILES string of the molecule is Cc1cccc(C)c1N(C(=O)CN1CCNCC1)C1CCN(C(=O)c2cc(C(F)(F)F)cc(C(F)(F)F)c2)C(Cc2cc(F)cc(C(F)(F)F)c2)C1. The number of hydrogen-bond donors (Lipinski definition) is 1. The van der Waals surface area contributed by atoms with Crippen molar-refractivity contribution < 1.29 is 53.5 Å². The smallest absolute Gasteiger partial charge is 0.335 e. The summed E-state index contributed by atoms with van der Waals surface area (Å²) < 4.78 is 138. The van der Waals surface area contributed by atoms with E-state index in [2.05, 4.69) is 5.32 Å². The van der Waals surface area contributed by atoms with E-state index in [9.17, 15) is 53.5 Å². The van der Waals surface area contributed by atoms with Gasteiger partial charge in [-0.05, 0) is 86.2 Å². The lowest BCUT2D eigenvalue weighted by Crippen LogP contribution is -2.56. The summed E-state index contributed by atoms with van der Waals surface area (Å²) in [6, 6.07) is 5.78. The van der Waals surface area contributed by atoms with Crippen molar-refractivity contribution in [2.45, 2.75) is 63.7 Å². The topological polar surface area (TPSA) is 55.9 Å². The Morgan fingerprint density at radius 3 is 1.90 bits per heavy atom. The van der Waals surface area contributed by atoms with E-state index in [0.717, 1.165) is 22.1 Å². The number of benzene rings is 3. The molecule has 1 N–H and O–H groups in total. The van der Waals surface area contributed by atoms with Gasteiger partial charge in [-0.1, -0.05) is 18.2 Å². The van der Waals surface area contributed by atoms with Crippen LogP contribution in [0.25, 0.3) is 0 Å². The Hall–Kier alpha value is -4.18. The minimum atomic E-state index is -5.24. The number of aryl methyl sites for hydroxylation is 2. The van der Waals surface area contributed by atoms with Gasteiger partial charge in [0.25, 0.3) is 5.91 Å². The highest BCUT2D eigenvalue weighted by molar-refractivity contribution is 5.97. The Bertz CT molecular complexity index is 1730. The average Bonchev–Trinajstić information content (AvgIpc) is 3.05. The van der Waals surface area contributed by atoms with Crippen LogP contribution in [0.5, 0.6) is 0 Å². The third kappa shape index (κ3) is 9.06. The largest absolute Gasteiger partial charge is 0.416 e. The highest BCUT2D eigenvalue weighted by Gasteiger charge is 2.41. The molecule has 3 aromatic carbocycles. The summed E-state index contributed by atoms with van der Waals surface area (Å²) in [5, 5.41) is 3.20. The molecule has 0 aliphatic carbocycles. The van der Waals surface area contributed by atoms with Gasteiger partial charge in [0, 0.05) is 56.1 Å². The van der Waals surface area contributed by atoms with Crippen molar-refractivity contribution in [3.8, 4) is 0 Å². The second-order valence-corrected chi connectivity index (χ2v) is 13.2. The summed E-state index contributed by atoms with van der Waals surface area (Å²) in [7, 11) is 0. The van der Waals surface area contributed by atoms with Crippen molar-refractivity contribution >= 4 is 17.5 Å². The molecule has 2 aliphatic rings. The molecule has 2 saturated heterocycles. The Labute approximate surface area is 293 Å². The van der Waals surface area contributed by atoms with Gasteiger partial charge in [-0.15, -0.1) is 0 Å². The number of anilines is 1. The molecule has 16 heteroatoms. The summed E-state index contributed by atoms with van der Waals surface area (Å²) in [5.41, 5.74) is -3.84. The number of rotatable bonds is 7. The van der Waals surface area contributed by atoms with Gasteiger partial charge in [-0.25, -0.2) is 4.39 Å². The van der Waals surface area contributed by atoms with Gasteiger partial charge in [0.1, 0.15) is 5.82 Å². The zero-order chi connectivity index (χ0) is 38.2. The van der Waals surface area contributed by atoms with Crippen LogP contribution in [0.3, 0.4) is 0 Å². The molecule has 6 nitrogen and oxygen atoms in total. The van der Waals surface area contributed by atoms with Gasteiger partial charge in [-0.3, -0.25) is 14.5 Å². The summed E-state index contributed by atoms with van der Waals surface area (Å²) in [6.45, 7) is 5.79. The first-order chi connectivity index (χ1) is 24.2. The van der Waals surface area contributed by atoms with Crippen molar-refractivity contribution in [2.75, 3.05) is 44.2 Å². The second kappa shape index (κ2) is 15.0. The maximum Gasteiger partial charge on any atom is 0.416 e. The van der Waals surface area contributed by atoms with Crippen molar-refractivity contribution in [3.05, 3.63) is 99.4 Å². The lowest BCUT2D eigenvalue weighted by molar-refractivity contribution is -0.143. The van der Waals surface area contributed by atoms with E-state index >= 15 is 0 Å². The molecule has 5 rings (SSSR count). The van der Waals surface area contributed by atoms with Crippen molar-refractivity contribution in [3.63, 3.8) is 0 Å². The van der Waals surface area contributed by atoms with E-state index in [1.165, 1.54) is 0 Å². The molecule has 2 fully saturated rings.